The number of hydrogen-bond acceptors (Lipinski definition) is 5. The molecule has 1 saturated carbocycles. The molecule has 3 aromatic rings. The van der Waals surface area contributed by atoms with Crippen LogP contribution in [0, 0.1) is 5.92 Å². The van der Waals surface area contributed by atoms with Gasteiger partial charge in [-0.1, -0.05) is 30.7 Å². The lowest BCUT2D eigenvalue weighted by Crippen LogP contribution is -2.39. The summed E-state index contributed by atoms with van der Waals surface area (Å²) in [5.41, 5.74) is 2.38. The molecule has 2 amide bonds. The largest absolute Gasteiger partial charge is 0.355 e. The lowest BCUT2D eigenvalue weighted by atomic mass is 9.85. The van der Waals surface area contributed by atoms with Gasteiger partial charge < -0.3 is 10.2 Å². The Balaban J connectivity index is 1.19. The Kier molecular flexibility index (Phi) is 6.17. The van der Waals surface area contributed by atoms with E-state index in [4.69, 9.17) is 4.98 Å². The molecule has 6 nitrogen and oxygen atoms in total. The van der Waals surface area contributed by atoms with Gasteiger partial charge in [0, 0.05) is 48.7 Å². The highest BCUT2D eigenvalue weighted by molar-refractivity contribution is 7.09. The molecule has 0 bridgehead atoms. The number of benzene rings is 1. The van der Waals surface area contributed by atoms with Crippen LogP contribution in [0.5, 0.6) is 0 Å². The number of nitrogens with zero attached hydrogens (tertiary/aromatic N) is 3. The predicted molar refractivity (Wildman–Crippen MR) is 126 cm³/mol. The van der Waals surface area contributed by atoms with Crippen LogP contribution < -0.4 is 5.32 Å². The van der Waals surface area contributed by atoms with Crippen molar-refractivity contribution in [1.82, 2.24) is 20.2 Å². The Hall–Kier alpha value is -2.80. The summed E-state index contributed by atoms with van der Waals surface area (Å²) in [5.74, 6) is 0.673. The first kappa shape index (κ1) is 21.1. The maximum atomic E-state index is 13.1. The van der Waals surface area contributed by atoms with E-state index in [-0.39, 0.29) is 23.7 Å². The third kappa shape index (κ3) is 4.53. The molecule has 2 fully saturated rings. The Morgan fingerprint density at radius 3 is 2.78 bits per heavy atom. The van der Waals surface area contributed by atoms with E-state index < -0.39 is 0 Å². The molecule has 1 saturated heterocycles. The van der Waals surface area contributed by atoms with Gasteiger partial charge >= 0.3 is 0 Å². The number of hydrogen-bond donors (Lipinski definition) is 1. The molecule has 3 heterocycles. The number of rotatable bonds is 6. The first-order chi connectivity index (χ1) is 15.7. The first-order valence-corrected chi connectivity index (χ1v) is 12.4. The van der Waals surface area contributed by atoms with Crippen molar-refractivity contribution in [2.24, 2.45) is 5.92 Å². The molecule has 1 aromatic carbocycles. The minimum absolute atomic E-state index is 0.00376. The lowest BCUT2D eigenvalue weighted by Gasteiger charge is -2.31. The summed E-state index contributed by atoms with van der Waals surface area (Å²) in [6.07, 6.45) is 5.99. The highest BCUT2D eigenvalue weighted by atomic mass is 32.1. The SMILES string of the molecule is O=C(NCCc1csc([C@H]2CCCN(C(=O)c3ccc4ccccc4n3)C2)n1)C1CCC1. The van der Waals surface area contributed by atoms with Crippen molar-refractivity contribution in [1.29, 1.82) is 0 Å². The Labute approximate surface area is 192 Å². The van der Waals surface area contributed by atoms with Crippen LogP contribution in [0.15, 0.2) is 41.8 Å². The quantitative estimate of drug-likeness (QED) is 0.614. The van der Waals surface area contributed by atoms with Crippen LogP contribution in [0.3, 0.4) is 0 Å². The number of carbonyl (C=O) groups excluding carboxylic acids is 2. The van der Waals surface area contributed by atoms with E-state index in [1.165, 1.54) is 6.42 Å². The molecule has 0 unspecified atom stereocenters. The second kappa shape index (κ2) is 9.36. The molecule has 0 spiro atoms. The fourth-order valence-corrected chi connectivity index (χ4v) is 5.45. The number of nitrogens with one attached hydrogen (secondary N) is 1. The fraction of sp³-hybridized carbons (Fsp3) is 0.440. The second-order valence-corrected chi connectivity index (χ2v) is 9.72. The van der Waals surface area contributed by atoms with Crippen LogP contribution >= 0.6 is 11.3 Å². The molecule has 0 radical (unpaired) electrons. The van der Waals surface area contributed by atoms with Crippen molar-refractivity contribution in [2.75, 3.05) is 19.6 Å². The van der Waals surface area contributed by atoms with Crippen molar-refractivity contribution < 1.29 is 9.59 Å². The average molecular weight is 449 g/mol. The number of pyridine rings is 1. The minimum atomic E-state index is -0.00376. The molecule has 5 rings (SSSR count). The standard InChI is InChI=1S/C25H28N4O2S/c30-23(18-6-3-7-18)26-13-12-20-16-32-24(27-20)19-8-4-14-29(15-19)25(31)22-11-10-17-5-1-2-9-21(17)28-22/h1-2,5,9-11,16,18-19H,3-4,6-8,12-15H2,(H,26,30)/t19-/m0/s1. The molecule has 1 N–H and O–H groups in total. The van der Waals surface area contributed by atoms with E-state index >= 15 is 0 Å². The number of fused-ring (bicyclic) bond motifs is 1. The second-order valence-electron chi connectivity index (χ2n) is 8.83. The summed E-state index contributed by atoms with van der Waals surface area (Å²) in [5, 5.41) is 7.27. The highest BCUT2D eigenvalue weighted by Gasteiger charge is 2.28. The maximum absolute atomic E-state index is 13.1. The first-order valence-electron chi connectivity index (χ1n) is 11.5. The van der Waals surface area contributed by atoms with E-state index in [0.717, 1.165) is 60.3 Å². The molecule has 1 aliphatic heterocycles. The van der Waals surface area contributed by atoms with Gasteiger partial charge in [-0.05, 0) is 37.8 Å². The van der Waals surface area contributed by atoms with Crippen molar-refractivity contribution in [2.45, 2.75) is 44.4 Å². The Morgan fingerprint density at radius 1 is 1.06 bits per heavy atom. The van der Waals surface area contributed by atoms with Crippen molar-refractivity contribution in [3.8, 4) is 0 Å². The van der Waals surface area contributed by atoms with Gasteiger partial charge in [0.25, 0.3) is 5.91 Å². The van der Waals surface area contributed by atoms with E-state index in [0.29, 0.717) is 18.8 Å². The van der Waals surface area contributed by atoms with Crippen molar-refractivity contribution in [3.05, 3.63) is 58.2 Å². The van der Waals surface area contributed by atoms with Crippen LogP contribution in [0.4, 0.5) is 0 Å². The molecule has 7 heteroatoms. The summed E-state index contributed by atoms with van der Waals surface area (Å²) in [6, 6.07) is 11.7. The van der Waals surface area contributed by atoms with Gasteiger partial charge in [0.15, 0.2) is 0 Å². The van der Waals surface area contributed by atoms with Crippen LogP contribution in [0.2, 0.25) is 0 Å². The normalized spacial score (nSPS) is 19.0. The summed E-state index contributed by atoms with van der Waals surface area (Å²) in [7, 11) is 0. The zero-order valence-electron chi connectivity index (χ0n) is 18.1. The van der Waals surface area contributed by atoms with Gasteiger partial charge in [0.05, 0.1) is 16.2 Å². The fourth-order valence-electron chi connectivity index (χ4n) is 4.46. The molecule has 1 atom stereocenters. The van der Waals surface area contributed by atoms with Gasteiger partial charge in [0.1, 0.15) is 5.69 Å². The molecular weight excluding hydrogens is 420 g/mol. The van der Waals surface area contributed by atoms with Gasteiger partial charge in [-0.15, -0.1) is 11.3 Å². The molecular formula is C25H28N4O2S. The summed E-state index contributed by atoms with van der Waals surface area (Å²) in [6.45, 7) is 2.08. The van der Waals surface area contributed by atoms with E-state index in [1.807, 2.05) is 41.3 Å². The average Bonchev–Trinajstić information content (AvgIpc) is 3.26. The Bertz CT molecular complexity index is 1120. The molecule has 32 heavy (non-hydrogen) atoms. The third-order valence-corrected chi connectivity index (χ3v) is 7.66. The van der Waals surface area contributed by atoms with Gasteiger partial charge in [0.2, 0.25) is 5.91 Å². The number of thiazole rings is 1. The van der Waals surface area contributed by atoms with Crippen LogP contribution in [-0.4, -0.2) is 46.3 Å². The number of likely N-dealkylation sites (tertiary alicyclic amines) is 1. The molecule has 1 aliphatic carbocycles. The number of aromatic nitrogens is 2. The van der Waals surface area contributed by atoms with Gasteiger partial charge in [-0.3, -0.25) is 9.59 Å². The zero-order chi connectivity index (χ0) is 21.9. The van der Waals surface area contributed by atoms with Gasteiger partial charge in [-0.2, -0.15) is 0 Å². The predicted octanol–water partition coefficient (Wildman–Crippen LogP) is 4.17. The lowest BCUT2D eigenvalue weighted by molar-refractivity contribution is -0.127. The summed E-state index contributed by atoms with van der Waals surface area (Å²) in [4.78, 5) is 36.4. The highest BCUT2D eigenvalue weighted by Crippen LogP contribution is 2.30. The van der Waals surface area contributed by atoms with Crippen LogP contribution in [0.1, 0.15) is 59.2 Å². The number of amides is 2. The van der Waals surface area contributed by atoms with Crippen LogP contribution in [0.25, 0.3) is 10.9 Å². The minimum Gasteiger partial charge on any atom is -0.355 e. The molecule has 2 aromatic heterocycles. The van der Waals surface area contributed by atoms with E-state index in [9.17, 15) is 9.59 Å². The van der Waals surface area contributed by atoms with Crippen molar-refractivity contribution in [3.63, 3.8) is 0 Å². The topological polar surface area (TPSA) is 75.2 Å². The van der Waals surface area contributed by atoms with E-state index in [1.54, 1.807) is 11.3 Å². The smallest absolute Gasteiger partial charge is 0.272 e. The Morgan fingerprint density at radius 2 is 1.94 bits per heavy atom. The van der Waals surface area contributed by atoms with Crippen LogP contribution in [-0.2, 0) is 11.2 Å². The number of para-hydroxylation sites is 1. The summed E-state index contributed by atoms with van der Waals surface area (Å²) < 4.78 is 0. The molecule has 166 valence electrons. The zero-order valence-corrected chi connectivity index (χ0v) is 18.9. The monoisotopic (exact) mass is 448 g/mol. The molecule has 2 aliphatic rings. The summed E-state index contributed by atoms with van der Waals surface area (Å²) >= 11 is 1.67. The maximum Gasteiger partial charge on any atom is 0.272 e. The van der Waals surface area contributed by atoms with Gasteiger partial charge in [-0.25, -0.2) is 9.97 Å². The van der Waals surface area contributed by atoms with E-state index in [2.05, 4.69) is 15.7 Å². The third-order valence-electron chi connectivity index (χ3n) is 6.60. The van der Waals surface area contributed by atoms with Crippen molar-refractivity contribution >= 4 is 34.1 Å². The number of carbonyl (C=O) groups is 2. The number of piperidine rings is 1.